The van der Waals surface area contributed by atoms with Crippen LogP contribution in [0.2, 0.25) is 0 Å². The SMILES string of the molecule is COC(C)CCC1C[C@@H](C)C(C)[C@@H](O)C1. The highest BCUT2D eigenvalue weighted by molar-refractivity contribution is 4.81. The van der Waals surface area contributed by atoms with Crippen LogP contribution in [0.5, 0.6) is 0 Å². The summed E-state index contributed by atoms with van der Waals surface area (Å²) in [5.74, 6) is 1.83. The standard InChI is InChI=1S/C13H26O2/c1-9-7-12(6-5-10(2)15-4)8-13(14)11(9)3/h9-14H,5-8H2,1-4H3/t9-,10?,11?,12?,13+/m1/s1. The van der Waals surface area contributed by atoms with E-state index in [0.29, 0.717) is 23.9 Å². The van der Waals surface area contributed by atoms with Crippen molar-refractivity contribution >= 4 is 0 Å². The predicted molar refractivity (Wildman–Crippen MR) is 62.8 cm³/mol. The van der Waals surface area contributed by atoms with Crippen molar-refractivity contribution in [2.24, 2.45) is 17.8 Å². The lowest BCUT2D eigenvalue weighted by atomic mass is 9.72. The van der Waals surface area contributed by atoms with E-state index in [4.69, 9.17) is 4.74 Å². The van der Waals surface area contributed by atoms with Crippen LogP contribution >= 0.6 is 0 Å². The molecule has 90 valence electrons. The summed E-state index contributed by atoms with van der Waals surface area (Å²) in [4.78, 5) is 0. The molecule has 1 aliphatic carbocycles. The van der Waals surface area contributed by atoms with Gasteiger partial charge in [-0.3, -0.25) is 0 Å². The van der Waals surface area contributed by atoms with E-state index in [9.17, 15) is 5.11 Å². The Morgan fingerprint density at radius 3 is 2.53 bits per heavy atom. The zero-order chi connectivity index (χ0) is 11.4. The van der Waals surface area contributed by atoms with Gasteiger partial charge in [-0.15, -0.1) is 0 Å². The zero-order valence-electron chi connectivity index (χ0n) is 10.6. The van der Waals surface area contributed by atoms with E-state index < -0.39 is 0 Å². The third-order valence-electron chi connectivity index (χ3n) is 4.17. The monoisotopic (exact) mass is 214 g/mol. The molecule has 2 heteroatoms. The minimum atomic E-state index is -0.0865. The summed E-state index contributed by atoms with van der Waals surface area (Å²) in [7, 11) is 1.77. The normalized spacial score (nSPS) is 39.0. The molecule has 0 aliphatic heterocycles. The summed E-state index contributed by atoms with van der Waals surface area (Å²) < 4.78 is 5.25. The third-order valence-corrected chi connectivity index (χ3v) is 4.17. The number of hydrogen-bond donors (Lipinski definition) is 1. The van der Waals surface area contributed by atoms with Crippen molar-refractivity contribution < 1.29 is 9.84 Å². The smallest absolute Gasteiger partial charge is 0.0570 e. The highest BCUT2D eigenvalue weighted by Gasteiger charge is 2.31. The number of methoxy groups -OCH3 is 1. The summed E-state index contributed by atoms with van der Waals surface area (Å²) in [6.45, 7) is 6.55. The number of ether oxygens (including phenoxy) is 1. The third kappa shape index (κ3) is 3.76. The second kappa shape index (κ2) is 5.86. The van der Waals surface area contributed by atoms with Crippen LogP contribution < -0.4 is 0 Å². The molecule has 0 amide bonds. The molecule has 15 heavy (non-hydrogen) atoms. The van der Waals surface area contributed by atoms with E-state index >= 15 is 0 Å². The molecule has 0 radical (unpaired) electrons. The minimum Gasteiger partial charge on any atom is -0.393 e. The van der Waals surface area contributed by atoms with Crippen LogP contribution in [0.3, 0.4) is 0 Å². The summed E-state index contributed by atoms with van der Waals surface area (Å²) in [5.41, 5.74) is 0. The lowest BCUT2D eigenvalue weighted by Crippen LogP contribution is -2.33. The average Bonchev–Trinajstić information content (AvgIpc) is 2.22. The van der Waals surface area contributed by atoms with Crippen LogP contribution in [0.1, 0.15) is 46.5 Å². The molecule has 2 nitrogen and oxygen atoms in total. The zero-order valence-corrected chi connectivity index (χ0v) is 10.6. The number of hydrogen-bond acceptors (Lipinski definition) is 2. The Labute approximate surface area is 94.0 Å². The Morgan fingerprint density at radius 1 is 1.33 bits per heavy atom. The van der Waals surface area contributed by atoms with E-state index in [2.05, 4.69) is 20.8 Å². The molecule has 1 N–H and O–H groups in total. The fourth-order valence-electron chi connectivity index (χ4n) is 2.60. The first-order valence-electron chi connectivity index (χ1n) is 6.25. The van der Waals surface area contributed by atoms with Crippen molar-refractivity contribution in [3.05, 3.63) is 0 Å². The Hall–Kier alpha value is -0.0800. The molecule has 1 saturated carbocycles. The van der Waals surface area contributed by atoms with Crippen molar-refractivity contribution in [3.63, 3.8) is 0 Å². The van der Waals surface area contributed by atoms with Crippen LogP contribution in [-0.2, 0) is 4.74 Å². The first kappa shape index (κ1) is 13.0. The molecule has 3 unspecified atom stereocenters. The molecule has 0 bridgehead atoms. The van der Waals surface area contributed by atoms with Crippen LogP contribution in [0.15, 0.2) is 0 Å². The Kier molecular flexibility index (Phi) is 5.07. The molecule has 1 fully saturated rings. The van der Waals surface area contributed by atoms with Crippen LogP contribution in [0.4, 0.5) is 0 Å². The second-order valence-corrected chi connectivity index (χ2v) is 5.36. The fourth-order valence-corrected chi connectivity index (χ4v) is 2.60. The topological polar surface area (TPSA) is 29.5 Å². The van der Waals surface area contributed by atoms with E-state index in [0.717, 1.165) is 12.8 Å². The molecule has 0 aromatic carbocycles. The molecule has 1 rings (SSSR count). The second-order valence-electron chi connectivity index (χ2n) is 5.36. The first-order valence-corrected chi connectivity index (χ1v) is 6.25. The van der Waals surface area contributed by atoms with Crippen LogP contribution in [0.25, 0.3) is 0 Å². The average molecular weight is 214 g/mol. The highest BCUT2D eigenvalue weighted by atomic mass is 16.5. The summed E-state index contributed by atoms with van der Waals surface area (Å²) >= 11 is 0. The molecule has 0 aromatic heterocycles. The summed E-state index contributed by atoms with van der Waals surface area (Å²) in [5, 5.41) is 9.91. The van der Waals surface area contributed by atoms with E-state index in [1.165, 1.54) is 12.8 Å². The Balaban J connectivity index is 2.31. The predicted octanol–water partition coefficient (Wildman–Crippen LogP) is 2.84. The maximum atomic E-state index is 9.91. The maximum Gasteiger partial charge on any atom is 0.0570 e. The fraction of sp³-hybridized carbons (Fsp3) is 1.00. The quantitative estimate of drug-likeness (QED) is 0.779. The van der Waals surface area contributed by atoms with Gasteiger partial charge in [0.25, 0.3) is 0 Å². The van der Waals surface area contributed by atoms with Gasteiger partial charge in [0.15, 0.2) is 0 Å². The van der Waals surface area contributed by atoms with Crippen LogP contribution in [-0.4, -0.2) is 24.4 Å². The van der Waals surface area contributed by atoms with Gasteiger partial charge in [-0.25, -0.2) is 0 Å². The molecule has 0 spiro atoms. The largest absolute Gasteiger partial charge is 0.393 e. The van der Waals surface area contributed by atoms with Gasteiger partial charge in [-0.05, 0) is 50.4 Å². The minimum absolute atomic E-state index is 0.0865. The lowest BCUT2D eigenvalue weighted by molar-refractivity contribution is 0.0139. The molecule has 1 aliphatic rings. The van der Waals surface area contributed by atoms with E-state index in [-0.39, 0.29) is 6.10 Å². The van der Waals surface area contributed by atoms with Gasteiger partial charge in [0.2, 0.25) is 0 Å². The molecule has 0 heterocycles. The molecular weight excluding hydrogens is 188 g/mol. The maximum absolute atomic E-state index is 9.91. The van der Waals surface area contributed by atoms with Crippen molar-refractivity contribution in [3.8, 4) is 0 Å². The van der Waals surface area contributed by atoms with Gasteiger partial charge in [0, 0.05) is 7.11 Å². The summed E-state index contributed by atoms with van der Waals surface area (Å²) in [6, 6.07) is 0. The van der Waals surface area contributed by atoms with Crippen molar-refractivity contribution in [1.82, 2.24) is 0 Å². The molecule has 0 saturated heterocycles. The number of aliphatic hydroxyl groups is 1. The van der Waals surface area contributed by atoms with Crippen molar-refractivity contribution in [2.45, 2.75) is 58.7 Å². The van der Waals surface area contributed by atoms with E-state index in [1.54, 1.807) is 7.11 Å². The van der Waals surface area contributed by atoms with E-state index in [1.807, 2.05) is 0 Å². The Bertz CT molecular complexity index is 169. The van der Waals surface area contributed by atoms with Crippen LogP contribution in [0, 0.1) is 17.8 Å². The molecule has 0 aromatic rings. The first-order chi connectivity index (χ1) is 7.04. The van der Waals surface area contributed by atoms with Gasteiger partial charge < -0.3 is 9.84 Å². The van der Waals surface area contributed by atoms with Gasteiger partial charge in [-0.1, -0.05) is 13.8 Å². The molecule has 5 atom stereocenters. The number of aliphatic hydroxyl groups excluding tert-OH is 1. The number of rotatable bonds is 4. The molecular formula is C13H26O2. The Morgan fingerprint density at radius 2 is 2.00 bits per heavy atom. The van der Waals surface area contributed by atoms with Crippen molar-refractivity contribution in [1.29, 1.82) is 0 Å². The van der Waals surface area contributed by atoms with Gasteiger partial charge in [0.05, 0.1) is 12.2 Å². The highest BCUT2D eigenvalue weighted by Crippen LogP contribution is 2.36. The van der Waals surface area contributed by atoms with Gasteiger partial charge in [0.1, 0.15) is 0 Å². The van der Waals surface area contributed by atoms with Gasteiger partial charge in [-0.2, -0.15) is 0 Å². The lowest BCUT2D eigenvalue weighted by Gasteiger charge is -2.36. The van der Waals surface area contributed by atoms with Gasteiger partial charge >= 0.3 is 0 Å². The summed E-state index contributed by atoms with van der Waals surface area (Å²) in [6.07, 6.45) is 4.85. The van der Waals surface area contributed by atoms with Crippen molar-refractivity contribution in [2.75, 3.05) is 7.11 Å².